The third-order valence-corrected chi connectivity index (χ3v) is 2.31. The lowest BCUT2D eigenvalue weighted by molar-refractivity contribution is -0.122. The van der Waals surface area contributed by atoms with Crippen LogP contribution < -0.4 is 5.32 Å². The first-order chi connectivity index (χ1) is 7.63. The Morgan fingerprint density at radius 1 is 1.56 bits per heavy atom. The van der Waals surface area contributed by atoms with Crippen molar-refractivity contribution in [2.45, 2.75) is 38.8 Å². The zero-order chi connectivity index (χ0) is 12.0. The quantitative estimate of drug-likeness (QED) is 0.723. The van der Waals surface area contributed by atoms with Gasteiger partial charge < -0.3 is 10.1 Å². The standard InChI is InChI=1S/C9H17N5O2/c1-6(16-3)4-5-8(15)10-7(2)9-11-13-14-12-9/h6-7H,4-5H2,1-3H3,(H,10,15)(H,11,12,13,14). The fourth-order valence-corrected chi connectivity index (χ4v) is 1.18. The van der Waals surface area contributed by atoms with Gasteiger partial charge in [0.15, 0.2) is 5.82 Å². The van der Waals surface area contributed by atoms with Crippen molar-refractivity contribution in [3.8, 4) is 0 Å². The van der Waals surface area contributed by atoms with Crippen LogP contribution in [0, 0.1) is 0 Å². The Hall–Kier alpha value is -1.50. The summed E-state index contributed by atoms with van der Waals surface area (Å²) in [6, 6.07) is -0.232. The van der Waals surface area contributed by atoms with Crippen LogP contribution in [0.3, 0.4) is 0 Å². The molecule has 2 unspecified atom stereocenters. The zero-order valence-corrected chi connectivity index (χ0v) is 9.73. The SMILES string of the molecule is COC(C)CCC(=O)NC(C)c1nn[nH]n1. The highest BCUT2D eigenvalue weighted by atomic mass is 16.5. The Bertz CT molecular complexity index is 314. The summed E-state index contributed by atoms with van der Waals surface area (Å²) in [4.78, 5) is 11.5. The summed E-state index contributed by atoms with van der Waals surface area (Å²) in [5, 5.41) is 16.1. The van der Waals surface area contributed by atoms with Gasteiger partial charge in [0.05, 0.1) is 12.1 Å². The van der Waals surface area contributed by atoms with Crippen LogP contribution in [0.25, 0.3) is 0 Å². The van der Waals surface area contributed by atoms with E-state index in [1.54, 1.807) is 7.11 Å². The van der Waals surface area contributed by atoms with Crippen LogP contribution in [0.15, 0.2) is 0 Å². The second-order valence-corrected chi connectivity index (χ2v) is 3.64. The molecule has 0 aliphatic heterocycles. The molecule has 1 aromatic heterocycles. The zero-order valence-electron chi connectivity index (χ0n) is 9.73. The number of aromatic amines is 1. The van der Waals surface area contributed by atoms with E-state index in [1.165, 1.54) is 0 Å². The number of amides is 1. The van der Waals surface area contributed by atoms with E-state index in [0.717, 1.165) is 0 Å². The van der Waals surface area contributed by atoms with Crippen molar-refractivity contribution >= 4 is 5.91 Å². The molecule has 0 saturated heterocycles. The third kappa shape index (κ3) is 3.93. The Kier molecular flexibility index (Phi) is 4.84. The molecule has 16 heavy (non-hydrogen) atoms. The number of nitrogens with zero attached hydrogens (tertiary/aromatic N) is 3. The van der Waals surface area contributed by atoms with Crippen molar-refractivity contribution in [1.29, 1.82) is 0 Å². The van der Waals surface area contributed by atoms with Crippen LogP contribution in [0.1, 0.15) is 38.6 Å². The summed E-state index contributed by atoms with van der Waals surface area (Å²) >= 11 is 0. The molecule has 1 amide bonds. The molecule has 90 valence electrons. The average molecular weight is 227 g/mol. The molecule has 0 fully saturated rings. The van der Waals surface area contributed by atoms with Crippen molar-refractivity contribution in [2.24, 2.45) is 0 Å². The molecule has 0 aliphatic carbocycles. The van der Waals surface area contributed by atoms with Gasteiger partial charge in [0.25, 0.3) is 0 Å². The predicted molar refractivity (Wildman–Crippen MR) is 56.4 cm³/mol. The molecule has 0 radical (unpaired) electrons. The molecule has 7 heteroatoms. The van der Waals surface area contributed by atoms with E-state index in [1.807, 2.05) is 13.8 Å². The highest BCUT2D eigenvalue weighted by Gasteiger charge is 2.13. The summed E-state index contributed by atoms with van der Waals surface area (Å²) in [6.45, 7) is 3.73. The maximum absolute atomic E-state index is 11.5. The van der Waals surface area contributed by atoms with Crippen LogP contribution in [0.5, 0.6) is 0 Å². The summed E-state index contributed by atoms with van der Waals surface area (Å²) < 4.78 is 5.06. The van der Waals surface area contributed by atoms with Gasteiger partial charge in [-0.3, -0.25) is 4.79 Å². The number of carbonyl (C=O) groups excluding carboxylic acids is 1. The minimum Gasteiger partial charge on any atom is -0.382 e. The number of aromatic nitrogens is 4. The number of tetrazole rings is 1. The maximum atomic E-state index is 11.5. The average Bonchev–Trinajstić information content (AvgIpc) is 2.79. The molecular formula is C9H17N5O2. The second-order valence-electron chi connectivity index (χ2n) is 3.64. The van der Waals surface area contributed by atoms with Crippen molar-refractivity contribution < 1.29 is 9.53 Å². The fourth-order valence-electron chi connectivity index (χ4n) is 1.18. The summed E-state index contributed by atoms with van der Waals surface area (Å²) in [5.41, 5.74) is 0. The number of hydrogen-bond donors (Lipinski definition) is 2. The maximum Gasteiger partial charge on any atom is 0.220 e. The van der Waals surface area contributed by atoms with Crippen LogP contribution in [-0.2, 0) is 9.53 Å². The third-order valence-electron chi connectivity index (χ3n) is 2.31. The second kappa shape index (κ2) is 6.16. The molecule has 1 rings (SSSR count). The highest BCUT2D eigenvalue weighted by Crippen LogP contribution is 2.05. The van der Waals surface area contributed by atoms with E-state index in [2.05, 4.69) is 25.9 Å². The lowest BCUT2D eigenvalue weighted by Gasteiger charge is -2.12. The van der Waals surface area contributed by atoms with Gasteiger partial charge in [0.1, 0.15) is 0 Å². The van der Waals surface area contributed by atoms with Gasteiger partial charge in [-0.2, -0.15) is 5.21 Å². The minimum absolute atomic E-state index is 0.0406. The smallest absolute Gasteiger partial charge is 0.220 e. The Morgan fingerprint density at radius 3 is 2.88 bits per heavy atom. The van der Waals surface area contributed by atoms with E-state index in [9.17, 15) is 4.79 Å². The van der Waals surface area contributed by atoms with Crippen LogP contribution in [-0.4, -0.2) is 39.7 Å². The van der Waals surface area contributed by atoms with Crippen molar-refractivity contribution in [3.05, 3.63) is 5.82 Å². The minimum atomic E-state index is -0.232. The number of methoxy groups -OCH3 is 1. The molecule has 7 nitrogen and oxygen atoms in total. The van der Waals surface area contributed by atoms with Gasteiger partial charge in [-0.1, -0.05) is 5.21 Å². The van der Waals surface area contributed by atoms with Gasteiger partial charge in [-0.05, 0) is 20.3 Å². The molecular weight excluding hydrogens is 210 g/mol. The number of carbonyl (C=O) groups is 1. The molecule has 2 atom stereocenters. The molecule has 0 spiro atoms. The van der Waals surface area contributed by atoms with Gasteiger partial charge >= 0.3 is 0 Å². The van der Waals surface area contributed by atoms with E-state index < -0.39 is 0 Å². The molecule has 0 bridgehead atoms. The summed E-state index contributed by atoms with van der Waals surface area (Å²) in [6.07, 6.45) is 1.21. The summed E-state index contributed by atoms with van der Waals surface area (Å²) in [5.74, 6) is 0.439. The molecule has 1 heterocycles. The number of nitrogens with one attached hydrogen (secondary N) is 2. The first-order valence-corrected chi connectivity index (χ1v) is 5.19. The molecule has 0 aliphatic rings. The van der Waals surface area contributed by atoms with Crippen LogP contribution >= 0.6 is 0 Å². The van der Waals surface area contributed by atoms with Crippen LogP contribution in [0.4, 0.5) is 0 Å². The van der Waals surface area contributed by atoms with E-state index in [0.29, 0.717) is 18.7 Å². The number of hydrogen-bond acceptors (Lipinski definition) is 5. The fraction of sp³-hybridized carbons (Fsp3) is 0.778. The van der Waals surface area contributed by atoms with Gasteiger partial charge in [0, 0.05) is 13.5 Å². The van der Waals surface area contributed by atoms with Gasteiger partial charge in [0.2, 0.25) is 5.91 Å². The number of ether oxygens (including phenoxy) is 1. The predicted octanol–water partition coefficient (Wildman–Crippen LogP) is 0.192. The van der Waals surface area contributed by atoms with Crippen molar-refractivity contribution in [2.75, 3.05) is 7.11 Å². The Morgan fingerprint density at radius 2 is 2.31 bits per heavy atom. The monoisotopic (exact) mass is 227 g/mol. The van der Waals surface area contributed by atoms with E-state index >= 15 is 0 Å². The van der Waals surface area contributed by atoms with Crippen LogP contribution in [0.2, 0.25) is 0 Å². The lowest BCUT2D eigenvalue weighted by atomic mass is 10.2. The Balaban J connectivity index is 2.29. The van der Waals surface area contributed by atoms with Gasteiger partial charge in [-0.25, -0.2) is 0 Å². The van der Waals surface area contributed by atoms with Crippen molar-refractivity contribution in [3.63, 3.8) is 0 Å². The first kappa shape index (κ1) is 12.6. The molecule has 1 aromatic rings. The topological polar surface area (TPSA) is 92.8 Å². The molecule has 2 N–H and O–H groups in total. The normalized spacial score (nSPS) is 14.4. The first-order valence-electron chi connectivity index (χ1n) is 5.19. The number of rotatable bonds is 6. The van der Waals surface area contributed by atoms with E-state index in [-0.39, 0.29) is 18.1 Å². The summed E-state index contributed by atoms with van der Waals surface area (Å²) in [7, 11) is 1.63. The lowest BCUT2D eigenvalue weighted by Crippen LogP contribution is -2.28. The van der Waals surface area contributed by atoms with Crippen molar-refractivity contribution in [1.82, 2.24) is 25.9 Å². The highest BCUT2D eigenvalue weighted by molar-refractivity contribution is 5.76. The largest absolute Gasteiger partial charge is 0.382 e. The Labute approximate surface area is 93.9 Å². The van der Waals surface area contributed by atoms with E-state index in [4.69, 9.17) is 4.74 Å². The number of H-pyrrole nitrogens is 1. The molecule has 0 aromatic carbocycles. The van der Waals surface area contributed by atoms with Gasteiger partial charge in [-0.15, -0.1) is 10.2 Å². The molecule has 0 saturated carbocycles.